The average Bonchev–Trinajstić information content (AvgIpc) is 3.26. The van der Waals surface area contributed by atoms with Gasteiger partial charge in [-0.25, -0.2) is 4.98 Å². The fourth-order valence-corrected chi connectivity index (χ4v) is 5.54. The topological polar surface area (TPSA) is 59.4 Å². The molecule has 1 saturated carbocycles. The smallest absolute Gasteiger partial charge is 0.220 e. The second kappa shape index (κ2) is 10.1. The molecular weight excluding hydrogens is 412 g/mol. The molecule has 0 radical (unpaired) electrons. The van der Waals surface area contributed by atoms with E-state index in [2.05, 4.69) is 33.0 Å². The third-order valence-corrected chi connectivity index (χ3v) is 7.30. The number of rotatable bonds is 7. The number of fused-ring (bicyclic) bond motifs is 1. The lowest BCUT2D eigenvalue weighted by Gasteiger charge is -2.48. The maximum Gasteiger partial charge on any atom is 0.220 e. The van der Waals surface area contributed by atoms with E-state index in [4.69, 9.17) is 9.72 Å². The van der Waals surface area contributed by atoms with Gasteiger partial charge in [-0.05, 0) is 37.1 Å². The quantitative estimate of drug-likeness (QED) is 0.593. The number of nitrogens with zero attached hydrogens (tertiary/aromatic N) is 3. The first-order valence-electron chi connectivity index (χ1n) is 12.4. The molecule has 33 heavy (non-hydrogen) atoms. The van der Waals surface area contributed by atoms with Gasteiger partial charge in [-0.1, -0.05) is 49.6 Å². The van der Waals surface area contributed by atoms with Gasteiger partial charge in [-0.3, -0.25) is 14.3 Å². The van der Waals surface area contributed by atoms with Gasteiger partial charge >= 0.3 is 0 Å². The van der Waals surface area contributed by atoms with Crippen molar-refractivity contribution in [2.24, 2.45) is 0 Å². The lowest BCUT2D eigenvalue weighted by molar-refractivity contribution is -0.122. The van der Waals surface area contributed by atoms with E-state index in [0.717, 1.165) is 68.2 Å². The summed E-state index contributed by atoms with van der Waals surface area (Å²) in [5.74, 6) is 1.04. The van der Waals surface area contributed by atoms with E-state index in [-0.39, 0.29) is 11.4 Å². The van der Waals surface area contributed by atoms with Crippen LogP contribution in [0.4, 0.5) is 0 Å². The van der Waals surface area contributed by atoms with Crippen LogP contribution >= 0.6 is 0 Å². The van der Waals surface area contributed by atoms with Gasteiger partial charge in [0.05, 0.1) is 24.2 Å². The van der Waals surface area contributed by atoms with Crippen LogP contribution < -0.4 is 5.32 Å². The number of nitrogens with one attached hydrogen (secondary N) is 1. The Morgan fingerprint density at radius 2 is 1.70 bits per heavy atom. The Hall–Kier alpha value is -2.70. The molecule has 5 rings (SSSR count). The summed E-state index contributed by atoms with van der Waals surface area (Å²) >= 11 is 0. The lowest BCUT2D eigenvalue weighted by Crippen LogP contribution is -2.59. The summed E-state index contributed by atoms with van der Waals surface area (Å²) < 4.78 is 7.76. The largest absolute Gasteiger partial charge is 0.379 e. The highest BCUT2D eigenvalue weighted by Gasteiger charge is 2.38. The molecule has 0 atom stereocenters. The van der Waals surface area contributed by atoms with Crippen LogP contribution in [0.5, 0.6) is 0 Å². The average molecular weight is 447 g/mol. The number of carbonyl (C=O) groups excluding carboxylic acids is 1. The number of benzene rings is 2. The van der Waals surface area contributed by atoms with E-state index in [0.29, 0.717) is 12.8 Å². The number of aromatic nitrogens is 2. The molecule has 1 aliphatic carbocycles. The van der Waals surface area contributed by atoms with E-state index < -0.39 is 0 Å². The molecule has 174 valence electrons. The Kier molecular flexibility index (Phi) is 6.74. The third-order valence-electron chi connectivity index (χ3n) is 7.30. The highest BCUT2D eigenvalue weighted by atomic mass is 16.5. The maximum atomic E-state index is 13.0. The van der Waals surface area contributed by atoms with Gasteiger partial charge in [0.1, 0.15) is 5.82 Å². The predicted octanol–water partition coefficient (Wildman–Crippen LogP) is 4.11. The summed E-state index contributed by atoms with van der Waals surface area (Å²) in [6, 6.07) is 18.4. The highest BCUT2D eigenvalue weighted by molar-refractivity contribution is 5.79. The van der Waals surface area contributed by atoms with Crippen molar-refractivity contribution in [1.29, 1.82) is 0 Å². The van der Waals surface area contributed by atoms with Crippen molar-refractivity contribution in [1.82, 2.24) is 19.8 Å². The Morgan fingerprint density at radius 3 is 2.48 bits per heavy atom. The van der Waals surface area contributed by atoms with Crippen molar-refractivity contribution in [3.8, 4) is 5.69 Å². The van der Waals surface area contributed by atoms with Gasteiger partial charge in [0.15, 0.2) is 0 Å². The summed E-state index contributed by atoms with van der Waals surface area (Å²) in [7, 11) is 0. The zero-order valence-electron chi connectivity index (χ0n) is 19.3. The zero-order chi connectivity index (χ0) is 22.5. The van der Waals surface area contributed by atoms with E-state index in [1.54, 1.807) is 0 Å². The van der Waals surface area contributed by atoms with Gasteiger partial charge in [0.25, 0.3) is 0 Å². The number of aryl methyl sites for hydroxylation is 1. The van der Waals surface area contributed by atoms with Crippen molar-refractivity contribution in [2.45, 2.75) is 50.5 Å². The maximum absolute atomic E-state index is 13.0. The second-order valence-electron chi connectivity index (χ2n) is 9.35. The fourth-order valence-electron chi connectivity index (χ4n) is 5.54. The highest BCUT2D eigenvalue weighted by Crippen LogP contribution is 2.34. The molecule has 2 aromatic carbocycles. The fraction of sp³-hybridized carbons (Fsp3) is 0.481. The van der Waals surface area contributed by atoms with E-state index in [1.807, 2.05) is 36.4 Å². The number of morpholine rings is 1. The standard InChI is InChI=1S/C27H34N4O2/c32-26(28-21-27(15-7-2-8-16-27)30-17-19-33-20-18-30)14-13-25-29-23-11-5-6-12-24(23)31(25)22-9-3-1-4-10-22/h1,3-6,9-12H,2,7-8,13-21H2,(H,28,32). The lowest BCUT2D eigenvalue weighted by atomic mass is 9.79. The van der Waals surface area contributed by atoms with Gasteiger partial charge < -0.3 is 10.1 Å². The molecule has 1 aliphatic heterocycles. The van der Waals surface area contributed by atoms with Gasteiger partial charge in [-0.2, -0.15) is 0 Å². The number of amides is 1. The zero-order valence-corrected chi connectivity index (χ0v) is 19.3. The van der Waals surface area contributed by atoms with Crippen LogP contribution in [0.3, 0.4) is 0 Å². The third kappa shape index (κ3) is 4.82. The van der Waals surface area contributed by atoms with Crippen LogP contribution in [-0.2, 0) is 16.0 Å². The van der Waals surface area contributed by atoms with Gasteiger partial charge in [0.2, 0.25) is 5.91 Å². The number of hydrogen-bond donors (Lipinski definition) is 1. The molecule has 0 unspecified atom stereocenters. The summed E-state index contributed by atoms with van der Waals surface area (Å²) in [6.45, 7) is 4.27. The Labute approximate surface area is 195 Å². The second-order valence-corrected chi connectivity index (χ2v) is 9.35. The first kappa shape index (κ1) is 22.1. The minimum absolute atomic E-state index is 0.0921. The van der Waals surface area contributed by atoms with Crippen LogP contribution in [0, 0.1) is 0 Å². The number of carbonyl (C=O) groups is 1. The van der Waals surface area contributed by atoms with Gasteiger partial charge in [0, 0.05) is 43.7 Å². The van der Waals surface area contributed by atoms with Crippen LogP contribution in [0.25, 0.3) is 16.7 Å². The van der Waals surface area contributed by atoms with Crippen molar-refractivity contribution in [3.05, 3.63) is 60.4 Å². The molecule has 0 spiro atoms. The summed E-state index contributed by atoms with van der Waals surface area (Å²) in [6.07, 6.45) is 7.17. The first-order valence-corrected chi connectivity index (χ1v) is 12.4. The van der Waals surface area contributed by atoms with Gasteiger partial charge in [-0.15, -0.1) is 0 Å². The van der Waals surface area contributed by atoms with Crippen LogP contribution in [-0.4, -0.2) is 58.7 Å². The molecular formula is C27H34N4O2. The number of imidazole rings is 1. The Balaban J connectivity index is 1.27. The minimum atomic E-state index is 0.0921. The monoisotopic (exact) mass is 446 g/mol. The number of ether oxygens (including phenoxy) is 1. The number of hydrogen-bond acceptors (Lipinski definition) is 4. The van der Waals surface area contributed by atoms with E-state index in [1.165, 1.54) is 19.3 Å². The SMILES string of the molecule is O=C(CCc1nc2ccccc2n1-c1ccccc1)NCC1(N2CCOCC2)CCCCC1. The molecule has 2 heterocycles. The normalized spacial score (nSPS) is 18.9. The summed E-state index contributed by atoms with van der Waals surface area (Å²) in [5, 5.41) is 3.30. The minimum Gasteiger partial charge on any atom is -0.379 e. The molecule has 2 fully saturated rings. The molecule has 1 amide bonds. The molecule has 1 N–H and O–H groups in total. The molecule has 1 saturated heterocycles. The summed E-state index contributed by atoms with van der Waals surface area (Å²) in [5.41, 5.74) is 3.21. The van der Waals surface area contributed by atoms with E-state index in [9.17, 15) is 4.79 Å². The van der Waals surface area contributed by atoms with E-state index >= 15 is 0 Å². The van der Waals surface area contributed by atoms with Crippen molar-refractivity contribution >= 4 is 16.9 Å². The van der Waals surface area contributed by atoms with Crippen molar-refractivity contribution in [3.63, 3.8) is 0 Å². The summed E-state index contributed by atoms with van der Waals surface area (Å²) in [4.78, 5) is 20.4. The molecule has 3 aromatic rings. The van der Waals surface area contributed by atoms with Crippen LogP contribution in [0.2, 0.25) is 0 Å². The molecule has 6 heteroatoms. The predicted molar refractivity (Wildman–Crippen MR) is 131 cm³/mol. The molecule has 6 nitrogen and oxygen atoms in total. The molecule has 2 aliphatic rings. The Bertz CT molecular complexity index is 1070. The van der Waals surface area contributed by atoms with Crippen molar-refractivity contribution < 1.29 is 9.53 Å². The van der Waals surface area contributed by atoms with Crippen molar-refractivity contribution in [2.75, 3.05) is 32.8 Å². The molecule has 0 bridgehead atoms. The first-order chi connectivity index (χ1) is 16.3. The number of para-hydroxylation sites is 3. The molecule has 1 aromatic heterocycles. The Morgan fingerprint density at radius 1 is 0.970 bits per heavy atom. The van der Waals surface area contributed by atoms with Crippen LogP contribution in [0.15, 0.2) is 54.6 Å². The van der Waals surface area contributed by atoms with Crippen LogP contribution in [0.1, 0.15) is 44.3 Å².